The SMILES string of the molecule is C=CN1C(=C(C(=C)C)c2ccccc2)c2c(C(=O)Nc3cccnc3N3CCC(N4CCCNC4=O)CC3)[nH]c3cc(Cl)cc(c23)C1C1C=CC(Cl)=CC1. The number of amides is 3. The van der Waals surface area contributed by atoms with Crippen molar-refractivity contribution in [2.75, 3.05) is 36.4 Å². The first-order valence-electron chi connectivity index (χ1n) is 18.5. The summed E-state index contributed by atoms with van der Waals surface area (Å²) in [6, 6.07) is 17.8. The Labute approximate surface area is 325 Å². The lowest BCUT2D eigenvalue weighted by molar-refractivity contribution is 0.102. The molecule has 276 valence electrons. The maximum absolute atomic E-state index is 14.8. The number of benzene rings is 2. The highest BCUT2D eigenvalue weighted by Crippen LogP contribution is 2.52. The molecule has 0 radical (unpaired) electrons. The quantitative estimate of drug-likeness (QED) is 0.166. The van der Waals surface area contributed by atoms with Crippen LogP contribution in [0.4, 0.5) is 16.3 Å². The van der Waals surface area contributed by atoms with Gasteiger partial charge in [0.1, 0.15) is 5.69 Å². The van der Waals surface area contributed by atoms with Crippen molar-refractivity contribution in [1.29, 1.82) is 0 Å². The number of halogens is 2. The fraction of sp³-hybridized carbons (Fsp3) is 0.279. The third-order valence-corrected chi connectivity index (χ3v) is 11.5. The van der Waals surface area contributed by atoms with Crippen LogP contribution in [0.25, 0.3) is 22.2 Å². The molecule has 2 unspecified atom stereocenters. The average molecular weight is 761 g/mol. The predicted octanol–water partition coefficient (Wildman–Crippen LogP) is 9.50. The first kappa shape index (κ1) is 35.8. The molecule has 2 aromatic heterocycles. The lowest BCUT2D eigenvalue weighted by Crippen LogP contribution is -2.54. The van der Waals surface area contributed by atoms with Crippen molar-refractivity contribution >= 4 is 68.8 Å². The molecule has 2 atom stereocenters. The molecular weight excluding hydrogens is 717 g/mol. The first-order valence-corrected chi connectivity index (χ1v) is 19.3. The van der Waals surface area contributed by atoms with Gasteiger partial charge in [-0.1, -0.05) is 78.8 Å². The van der Waals surface area contributed by atoms with Gasteiger partial charge in [-0.05, 0) is 85.8 Å². The van der Waals surface area contributed by atoms with E-state index in [0.29, 0.717) is 40.3 Å². The summed E-state index contributed by atoms with van der Waals surface area (Å²) in [5.41, 5.74) is 7.10. The first-order chi connectivity index (χ1) is 26.2. The Morgan fingerprint density at radius 3 is 2.57 bits per heavy atom. The van der Waals surface area contributed by atoms with Gasteiger partial charge in [-0.15, -0.1) is 0 Å². The summed E-state index contributed by atoms with van der Waals surface area (Å²) in [6.07, 6.45) is 13.1. The van der Waals surface area contributed by atoms with Crippen LogP contribution in [-0.4, -0.2) is 63.9 Å². The molecule has 1 aliphatic carbocycles. The largest absolute Gasteiger partial charge is 0.355 e. The van der Waals surface area contributed by atoms with Crippen molar-refractivity contribution < 1.29 is 9.59 Å². The Kier molecular flexibility index (Phi) is 9.85. The second-order valence-electron chi connectivity index (χ2n) is 14.4. The standard InChI is InChI=1S/C43H43Cl2N7O2/c1-4-51-39(28-13-15-29(44)16-14-28)32-24-30(45)25-34-36(32)37(40(51)35(26(2)3)27-10-6-5-7-11-27)38(48-34)42(53)49-33-12-8-19-46-41(33)50-22-17-31(18-23-50)52-21-9-20-47-43(52)54/h4-8,10-13,15-16,19,24-25,28,31,39,48H,1-2,9,14,17-18,20-23H2,3H3,(H,47,54)(H,49,53). The molecule has 8 rings (SSSR count). The van der Waals surface area contributed by atoms with Crippen molar-refractivity contribution in [2.24, 2.45) is 5.92 Å². The van der Waals surface area contributed by atoms with Gasteiger partial charge in [0.05, 0.1) is 17.4 Å². The molecule has 3 N–H and O–H groups in total. The maximum Gasteiger partial charge on any atom is 0.317 e. The minimum atomic E-state index is -0.307. The van der Waals surface area contributed by atoms with Crippen molar-refractivity contribution in [1.82, 2.24) is 25.1 Å². The molecule has 0 bridgehead atoms. The van der Waals surface area contributed by atoms with Crippen molar-refractivity contribution in [3.8, 4) is 0 Å². The molecule has 2 saturated heterocycles. The summed E-state index contributed by atoms with van der Waals surface area (Å²) in [4.78, 5) is 42.0. The Balaban J connectivity index is 1.23. The van der Waals surface area contributed by atoms with E-state index >= 15 is 0 Å². The topological polar surface area (TPSA) is 96.6 Å². The smallest absolute Gasteiger partial charge is 0.317 e. The van der Waals surface area contributed by atoms with Crippen LogP contribution in [0.5, 0.6) is 0 Å². The zero-order chi connectivity index (χ0) is 37.5. The predicted molar refractivity (Wildman–Crippen MR) is 219 cm³/mol. The summed E-state index contributed by atoms with van der Waals surface area (Å²) in [5.74, 6) is 0.432. The van der Waals surface area contributed by atoms with Crippen LogP contribution in [0.15, 0.2) is 109 Å². The number of hydrogen-bond acceptors (Lipinski definition) is 5. The van der Waals surface area contributed by atoms with Gasteiger partial charge in [0.25, 0.3) is 5.91 Å². The summed E-state index contributed by atoms with van der Waals surface area (Å²) in [7, 11) is 0. The van der Waals surface area contributed by atoms with Gasteiger partial charge in [-0.25, -0.2) is 9.78 Å². The van der Waals surface area contributed by atoms with E-state index in [1.165, 1.54) is 0 Å². The van der Waals surface area contributed by atoms with E-state index in [-0.39, 0.29) is 29.9 Å². The lowest BCUT2D eigenvalue weighted by Gasteiger charge is -2.42. The Morgan fingerprint density at radius 1 is 1.07 bits per heavy atom. The zero-order valence-electron chi connectivity index (χ0n) is 30.2. The minimum Gasteiger partial charge on any atom is -0.355 e. The zero-order valence-corrected chi connectivity index (χ0v) is 31.8. The summed E-state index contributed by atoms with van der Waals surface area (Å²) >= 11 is 13.3. The number of H-pyrrole nitrogens is 1. The number of allylic oxidation sites excluding steroid dienone is 5. The van der Waals surface area contributed by atoms with Crippen LogP contribution in [0.1, 0.15) is 65.8 Å². The number of carbonyl (C=O) groups excluding carboxylic acids is 2. The Bertz CT molecular complexity index is 2250. The number of pyridine rings is 1. The minimum absolute atomic E-state index is 0.0190. The molecule has 2 fully saturated rings. The Morgan fingerprint density at radius 2 is 1.87 bits per heavy atom. The van der Waals surface area contributed by atoms with Gasteiger partial charge in [-0.3, -0.25) is 4.79 Å². The molecule has 0 saturated carbocycles. The monoisotopic (exact) mass is 759 g/mol. The number of anilines is 2. The number of carbonyl (C=O) groups is 2. The van der Waals surface area contributed by atoms with Gasteiger partial charge in [-0.2, -0.15) is 0 Å². The average Bonchev–Trinajstić information content (AvgIpc) is 3.56. The van der Waals surface area contributed by atoms with Gasteiger partial charge in [0, 0.05) is 76.4 Å². The number of aromatic nitrogens is 2. The number of rotatable bonds is 8. The third kappa shape index (κ3) is 6.49. The number of nitrogens with one attached hydrogen (secondary N) is 3. The van der Waals surface area contributed by atoms with Gasteiger partial charge in [0.15, 0.2) is 5.82 Å². The van der Waals surface area contributed by atoms with Crippen LogP contribution in [0.2, 0.25) is 5.02 Å². The highest BCUT2D eigenvalue weighted by Gasteiger charge is 2.40. The number of piperidine rings is 1. The van der Waals surface area contributed by atoms with Crippen molar-refractivity contribution in [3.05, 3.63) is 136 Å². The molecule has 0 spiro atoms. The van der Waals surface area contributed by atoms with E-state index in [2.05, 4.69) is 56.8 Å². The number of aromatic amines is 1. The molecule has 2 aromatic carbocycles. The number of urea groups is 1. The Hall–Kier alpha value is -5.25. The van der Waals surface area contributed by atoms with Crippen LogP contribution >= 0.6 is 23.2 Å². The second kappa shape index (κ2) is 14.9. The van der Waals surface area contributed by atoms with Crippen LogP contribution in [-0.2, 0) is 0 Å². The van der Waals surface area contributed by atoms with Crippen LogP contribution < -0.4 is 15.5 Å². The molecule has 3 aliphatic heterocycles. The maximum atomic E-state index is 14.8. The van der Waals surface area contributed by atoms with E-state index in [1.807, 2.05) is 72.6 Å². The van der Waals surface area contributed by atoms with Crippen molar-refractivity contribution in [3.63, 3.8) is 0 Å². The van der Waals surface area contributed by atoms with Gasteiger partial charge in [0.2, 0.25) is 0 Å². The van der Waals surface area contributed by atoms with E-state index in [4.69, 9.17) is 28.2 Å². The normalized spacial score (nSPS) is 21.1. The summed E-state index contributed by atoms with van der Waals surface area (Å²) < 4.78 is 0. The molecule has 54 heavy (non-hydrogen) atoms. The van der Waals surface area contributed by atoms with E-state index in [1.54, 1.807) is 6.20 Å². The molecule has 9 nitrogen and oxygen atoms in total. The van der Waals surface area contributed by atoms with Gasteiger partial charge < -0.3 is 30.3 Å². The summed E-state index contributed by atoms with van der Waals surface area (Å²) in [6.45, 7) is 13.7. The highest BCUT2D eigenvalue weighted by molar-refractivity contribution is 6.32. The third-order valence-electron chi connectivity index (χ3n) is 11.0. The fourth-order valence-electron chi connectivity index (χ4n) is 8.63. The lowest BCUT2D eigenvalue weighted by atomic mass is 9.79. The molecule has 4 aromatic rings. The fourth-order valence-corrected chi connectivity index (χ4v) is 9.02. The van der Waals surface area contributed by atoms with E-state index in [9.17, 15) is 9.59 Å². The second-order valence-corrected chi connectivity index (χ2v) is 15.2. The molecule has 4 aliphatic rings. The van der Waals surface area contributed by atoms with E-state index < -0.39 is 0 Å². The highest BCUT2D eigenvalue weighted by atomic mass is 35.5. The molecule has 3 amide bonds. The molecular formula is C43H43Cl2N7O2. The van der Waals surface area contributed by atoms with E-state index in [0.717, 1.165) is 83.2 Å². The molecule has 5 heterocycles. The van der Waals surface area contributed by atoms with Crippen molar-refractivity contribution in [2.45, 2.75) is 44.7 Å². The molecule has 11 heteroatoms. The summed E-state index contributed by atoms with van der Waals surface area (Å²) in [5, 5.41) is 8.42. The van der Waals surface area contributed by atoms with Crippen LogP contribution in [0.3, 0.4) is 0 Å². The van der Waals surface area contributed by atoms with Crippen LogP contribution in [0, 0.1) is 5.92 Å². The number of hydrogen-bond donors (Lipinski definition) is 3. The number of nitrogens with zero attached hydrogens (tertiary/aromatic N) is 4. The van der Waals surface area contributed by atoms with Gasteiger partial charge >= 0.3 is 6.03 Å².